The van der Waals surface area contributed by atoms with Gasteiger partial charge < -0.3 is 15.6 Å². The van der Waals surface area contributed by atoms with Crippen LogP contribution in [0.15, 0.2) is 60.7 Å². The molecule has 0 aliphatic heterocycles. The van der Waals surface area contributed by atoms with Crippen LogP contribution >= 0.6 is 0 Å². The minimum atomic E-state index is -0.922. The number of carboxylic acids is 1. The normalized spacial score (nSPS) is 10.5. The number of benzene rings is 3. The Morgan fingerprint density at radius 3 is 2.55 bits per heavy atom. The molecule has 110 valence electrons. The van der Waals surface area contributed by atoms with E-state index >= 15 is 0 Å². The van der Waals surface area contributed by atoms with Crippen molar-refractivity contribution in [2.24, 2.45) is 0 Å². The molecule has 0 unspecified atom stereocenters. The predicted octanol–water partition coefficient (Wildman–Crippen LogP) is 3.84. The van der Waals surface area contributed by atoms with Crippen molar-refractivity contribution < 1.29 is 14.6 Å². The molecule has 0 saturated carbocycles. The Hall–Kier alpha value is -3.01. The van der Waals surface area contributed by atoms with E-state index in [0.29, 0.717) is 22.7 Å². The molecule has 0 heterocycles. The third-order valence-corrected chi connectivity index (χ3v) is 3.45. The summed E-state index contributed by atoms with van der Waals surface area (Å²) in [6.07, 6.45) is -0.124. The number of hydrogen-bond acceptors (Lipinski definition) is 3. The van der Waals surface area contributed by atoms with Crippen molar-refractivity contribution in [2.75, 3.05) is 5.73 Å². The number of anilines is 1. The molecule has 0 fully saturated rings. The first-order valence-corrected chi connectivity index (χ1v) is 6.89. The first-order chi connectivity index (χ1) is 10.6. The zero-order valence-electron chi connectivity index (χ0n) is 11.8. The predicted molar refractivity (Wildman–Crippen MR) is 86.2 cm³/mol. The molecule has 22 heavy (non-hydrogen) atoms. The Morgan fingerprint density at radius 2 is 1.77 bits per heavy atom. The van der Waals surface area contributed by atoms with Crippen LogP contribution in [0.3, 0.4) is 0 Å². The molecule has 0 aliphatic carbocycles. The van der Waals surface area contributed by atoms with Crippen molar-refractivity contribution in [3.63, 3.8) is 0 Å². The highest BCUT2D eigenvalue weighted by atomic mass is 16.5. The fraction of sp³-hybridized carbons (Fsp3) is 0.0556. The summed E-state index contributed by atoms with van der Waals surface area (Å²) in [6.45, 7) is 0. The van der Waals surface area contributed by atoms with Crippen LogP contribution in [0.2, 0.25) is 0 Å². The van der Waals surface area contributed by atoms with E-state index in [9.17, 15) is 4.79 Å². The molecule has 0 saturated heterocycles. The summed E-state index contributed by atoms with van der Waals surface area (Å²) in [6, 6.07) is 18.9. The Bertz CT molecular complexity index is 843. The molecule has 0 amide bonds. The number of nitrogen functional groups attached to an aromatic ring is 1. The average Bonchev–Trinajstić information content (AvgIpc) is 2.51. The molecule has 0 spiro atoms. The van der Waals surface area contributed by atoms with Gasteiger partial charge in [-0.15, -0.1) is 0 Å². The van der Waals surface area contributed by atoms with Crippen LogP contribution in [0.1, 0.15) is 5.56 Å². The number of nitrogens with two attached hydrogens (primary N) is 1. The summed E-state index contributed by atoms with van der Waals surface area (Å²) in [7, 11) is 0. The van der Waals surface area contributed by atoms with Gasteiger partial charge in [0.1, 0.15) is 5.75 Å². The van der Waals surface area contributed by atoms with Gasteiger partial charge in [-0.2, -0.15) is 0 Å². The zero-order chi connectivity index (χ0) is 15.5. The van der Waals surface area contributed by atoms with E-state index in [-0.39, 0.29) is 6.42 Å². The van der Waals surface area contributed by atoms with Gasteiger partial charge in [-0.25, -0.2) is 0 Å². The third-order valence-electron chi connectivity index (χ3n) is 3.45. The zero-order valence-corrected chi connectivity index (χ0v) is 11.8. The summed E-state index contributed by atoms with van der Waals surface area (Å²) < 4.78 is 5.82. The van der Waals surface area contributed by atoms with Crippen LogP contribution in [0.4, 0.5) is 5.69 Å². The highest BCUT2D eigenvalue weighted by Gasteiger charge is 2.10. The van der Waals surface area contributed by atoms with E-state index in [1.807, 2.05) is 42.5 Å². The molecular formula is C18H15NO3. The first-order valence-electron chi connectivity index (χ1n) is 6.89. The number of rotatable bonds is 4. The van der Waals surface area contributed by atoms with E-state index in [0.717, 1.165) is 10.8 Å². The van der Waals surface area contributed by atoms with Crippen LogP contribution in [0.5, 0.6) is 11.5 Å². The Labute approximate surface area is 127 Å². The Morgan fingerprint density at radius 1 is 1.00 bits per heavy atom. The first kappa shape index (κ1) is 13.9. The molecule has 0 aliphatic rings. The lowest BCUT2D eigenvalue weighted by atomic mass is 10.1. The van der Waals surface area contributed by atoms with Gasteiger partial charge in [0.25, 0.3) is 0 Å². The molecule has 0 radical (unpaired) electrons. The standard InChI is InChI=1S/C18H15NO3/c19-18-14(11-17(20)21)6-3-7-16(18)22-15-9-8-12-4-1-2-5-13(12)10-15/h1-10H,11,19H2,(H,20,21). The molecule has 4 nitrogen and oxygen atoms in total. The number of ether oxygens (including phenoxy) is 1. The van der Waals surface area contributed by atoms with Crippen molar-refractivity contribution in [1.82, 2.24) is 0 Å². The molecule has 0 atom stereocenters. The largest absolute Gasteiger partial charge is 0.481 e. The van der Waals surface area contributed by atoms with Gasteiger partial charge in [0, 0.05) is 0 Å². The van der Waals surface area contributed by atoms with E-state index in [1.165, 1.54) is 0 Å². The second kappa shape index (κ2) is 5.77. The quantitative estimate of drug-likeness (QED) is 0.717. The summed E-state index contributed by atoms with van der Waals surface area (Å²) in [5.74, 6) is 0.210. The Balaban J connectivity index is 1.92. The average molecular weight is 293 g/mol. The summed E-state index contributed by atoms with van der Waals surface area (Å²) >= 11 is 0. The maximum Gasteiger partial charge on any atom is 0.307 e. The van der Waals surface area contributed by atoms with E-state index in [2.05, 4.69) is 0 Å². The molecular weight excluding hydrogens is 278 g/mol. The second-order valence-electron chi connectivity index (χ2n) is 5.01. The molecule has 0 bridgehead atoms. The number of aliphatic carboxylic acids is 1. The monoisotopic (exact) mass is 293 g/mol. The van der Waals surface area contributed by atoms with Gasteiger partial charge in [0.2, 0.25) is 0 Å². The maximum absolute atomic E-state index is 10.8. The Kier molecular flexibility index (Phi) is 3.66. The molecule has 3 N–H and O–H groups in total. The van der Waals surface area contributed by atoms with E-state index in [4.69, 9.17) is 15.6 Å². The number of carbonyl (C=O) groups is 1. The minimum absolute atomic E-state index is 0.124. The summed E-state index contributed by atoms with van der Waals surface area (Å²) in [4.78, 5) is 10.8. The second-order valence-corrected chi connectivity index (χ2v) is 5.01. The van der Waals surface area contributed by atoms with Gasteiger partial charge in [0.15, 0.2) is 5.75 Å². The molecule has 0 aromatic heterocycles. The van der Waals surface area contributed by atoms with Crippen molar-refractivity contribution in [3.8, 4) is 11.5 Å². The minimum Gasteiger partial charge on any atom is -0.481 e. The van der Waals surface area contributed by atoms with Gasteiger partial charge in [-0.1, -0.05) is 42.5 Å². The van der Waals surface area contributed by atoms with Gasteiger partial charge in [-0.3, -0.25) is 4.79 Å². The number of fused-ring (bicyclic) bond motifs is 1. The highest BCUT2D eigenvalue weighted by Crippen LogP contribution is 2.31. The fourth-order valence-electron chi connectivity index (χ4n) is 2.35. The molecule has 3 rings (SSSR count). The SMILES string of the molecule is Nc1c(CC(=O)O)cccc1Oc1ccc2ccccc2c1. The smallest absolute Gasteiger partial charge is 0.307 e. The fourth-order valence-corrected chi connectivity index (χ4v) is 2.35. The number of hydrogen-bond donors (Lipinski definition) is 2. The van der Waals surface area contributed by atoms with Crippen molar-refractivity contribution in [1.29, 1.82) is 0 Å². The van der Waals surface area contributed by atoms with Crippen LogP contribution in [-0.2, 0) is 11.2 Å². The van der Waals surface area contributed by atoms with Crippen LogP contribution in [0.25, 0.3) is 10.8 Å². The molecule has 3 aromatic carbocycles. The van der Waals surface area contributed by atoms with E-state index in [1.54, 1.807) is 18.2 Å². The van der Waals surface area contributed by atoms with Crippen molar-refractivity contribution >= 4 is 22.4 Å². The number of carboxylic acid groups (broad SMARTS) is 1. The van der Waals surface area contributed by atoms with Crippen molar-refractivity contribution in [3.05, 3.63) is 66.2 Å². The topological polar surface area (TPSA) is 72.6 Å². The molecule has 4 heteroatoms. The molecule has 3 aromatic rings. The van der Waals surface area contributed by atoms with Crippen LogP contribution < -0.4 is 10.5 Å². The van der Waals surface area contributed by atoms with Crippen LogP contribution in [0, 0.1) is 0 Å². The van der Waals surface area contributed by atoms with E-state index < -0.39 is 5.97 Å². The number of para-hydroxylation sites is 1. The van der Waals surface area contributed by atoms with Crippen molar-refractivity contribution in [2.45, 2.75) is 6.42 Å². The maximum atomic E-state index is 10.8. The van der Waals surface area contributed by atoms with Gasteiger partial charge in [-0.05, 0) is 34.5 Å². The lowest BCUT2D eigenvalue weighted by molar-refractivity contribution is -0.136. The lowest BCUT2D eigenvalue weighted by Crippen LogP contribution is -2.04. The highest BCUT2D eigenvalue weighted by molar-refractivity contribution is 5.84. The van der Waals surface area contributed by atoms with Crippen LogP contribution in [-0.4, -0.2) is 11.1 Å². The van der Waals surface area contributed by atoms with Gasteiger partial charge >= 0.3 is 5.97 Å². The third kappa shape index (κ3) is 2.86. The lowest BCUT2D eigenvalue weighted by Gasteiger charge is -2.11. The van der Waals surface area contributed by atoms with Gasteiger partial charge in [0.05, 0.1) is 12.1 Å². The summed E-state index contributed by atoms with van der Waals surface area (Å²) in [5, 5.41) is 11.1. The summed E-state index contributed by atoms with van der Waals surface area (Å²) in [5.41, 5.74) is 6.91.